The topological polar surface area (TPSA) is 69.0 Å². The number of amides is 1. The number of rotatable bonds is 7. The number of aromatic nitrogens is 3. The molecule has 0 radical (unpaired) electrons. The summed E-state index contributed by atoms with van der Waals surface area (Å²) in [5.41, 5.74) is 3.71. The molecule has 6 nitrogen and oxygen atoms in total. The molecule has 4 aromatic rings. The molecule has 0 aliphatic rings. The lowest BCUT2D eigenvalue weighted by Gasteiger charge is -2.15. The highest BCUT2D eigenvalue weighted by molar-refractivity contribution is 8.00. The van der Waals surface area contributed by atoms with Crippen LogP contribution in [0.5, 0.6) is 5.75 Å². The lowest BCUT2D eigenvalue weighted by atomic mass is 10.0. The van der Waals surface area contributed by atoms with Crippen molar-refractivity contribution >= 4 is 23.4 Å². The van der Waals surface area contributed by atoms with Gasteiger partial charge in [0.15, 0.2) is 5.16 Å². The van der Waals surface area contributed by atoms with Gasteiger partial charge in [-0.1, -0.05) is 60.3 Å². The molecule has 0 saturated carbocycles. The summed E-state index contributed by atoms with van der Waals surface area (Å²) in [7, 11) is 1.63. The second-order valence-corrected chi connectivity index (χ2v) is 8.15. The Hall–Kier alpha value is -3.58. The molecule has 7 heteroatoms. The van der Waals surface area contributed by atoms with Crippen LogP contribution in [0.15, 0.2) is 90.3 Å². The summed E-state index contributed by atoms with van der Waals surface area (Å²) in [6.45, 7) is 1.86. The molecule has 0 aliphatic heterocycles. The fraction of sp³-hybridized carbons (Fsp3) is 0.125. The van der Waals surface area contributed by atoms with E-state index in [1.165, 1.54) is 11.8 Å². The van der Waals surface area contributed by atoms with Gasteiger partial charge in [0.1, 0.15) is 12.1 Å². The molecule has 1 heterocycles. The average molecular weight is 431 g/mol. The second kappa shape index (κ2) is 9.49. The molecule has 4 rings (SSSR count). The smallest absolute Gasteiger partial charge is 0.237 e. The number of methoxy groups -OCH3 is 1. The van der Waals surface area contributed by atoms with E-state index in [9.17, 15) is 4.79 Å². The molecule has 156 valence electrons. The van der Waals surface area contributed by atoms with Gasteiger partial charge < -0.3 is 10.1 Å². The van der Waals surface area contributed by atoms with E-state index in [1.54, 1.807) is 13.4 Å². The van der Waals surface area contributed by atoms with E-state index in [4.69, 9.17) is 4.74 Å². The van der Waals surface area contributed by atoms with Gasteiger partial charge in [-0.2, -0.15) is 0 Å². The van der Waals surface area contributed by atoms with Crippen LogP contribution in [-0.2, 0) is 4.79 Å². The van der Waals surface area contributed by atoms with Gasteiger partial charge in [0.2, 0.25) is 5.91 Å². The van der Waals surface area contributed by atoms with E-state index in [-0.39, 0.29) is 11.2 Å². The SMILES string of the molecule is COc1ccc(-n2cnnc2SC(C)C(=O)Nc2ccccc2-c2ccccc2)cc1. The van der Waals surface area contributed by atoms with Gasteiger partial charge in [-0.15, -0.1) is 10.2 Å². The van der Waals surface area contributed by atoms with Crippen LogP contribution in [0, 0.1) is 0 Å². The zero-order valence-corrected chi connectivity index (χ0v) is 18.0. The minimum atomic E-state index is -0.370. The van der Waals surface area contributed by atoms with E-state index in [0.717, 1.165) is 28.3 Å². The molecule has 0 fully saturated rings. The summed E-state index contributed by atoms with van der Waals surface area (Å²) in [6.07, 6.45) is 1.64. The summed E-state index contributed by atoms with van der Waals surface area (Å²) >= 11 is 1.36. The number of nitrogens with one attached hydrogen (secondary N) is 1. The van der Waals surface area contributed by atoms with Gasteiger partial charge in [-0.3, -0.25) is 9.36 Å². The quantitative estimate of drug-likeness (QED) is 0.415. The highest BCUT2D eigenvalue weighted by Gasteiger charge is 2.19. The van der Waals surface area contributed by atoms with Crippen molar-refractivity contribution in [3.8, 4) is 22.6 Å². The van der Waals surface area contributed by atoms with Crippen LogP contribution in [0.25, 0.3) is 16.8 Å². The molecule has 0 aliphatic carbocycles. The molecule has 1 aromatic heterocycles. The van der Waals surface area contributed by atoms with Crippen LogP contribution in [-0.4, -0.2) is 33.0 Å². The van der Waals surface area contributed by atoms with Crippen LogP contribution in [0.1, 0.15) is 6.92 Å². The number of anilines is 1. The zero-order chi connectivity index (χ0) is 21.6. The molecule has 31 heavy (non-hydrogen) atoms. The summed E-state index contributed by atoms with van der Waals surface area (Å²) in [4.78, 5) is 12.9. The van der Waals surface area contributed by atoms with Gasteiger partial charge in [0, 0.05) is 16.9 Å². The van der Waals surface area contributed by atoms with Crippen LogP contribution in [0.4, 0.5) is 5.69 Å². The number of hydrogen-bond donors (Lipinski definition) is 1. The normalized spacial score (nSPS) is 11.7. The Labute approximate surface area is 185 Å². The Morgan fingerprint density at radius 1 is 1.00 bits per heavy atom. The maximum Gasteiger partial charge on any atom is 0.237 e. The third kappa shape index (κ3) is 4.78. The first-order chi connectivity index (χ1) is 15.2. The summed E-state index contributed by atoms with van der Waals surface area (Å²) < 4.78 is 7.07. The first kappa shape index (κ1) is 20.7. The number of carbonyl (C=O) groups is 1. The Bertz CT molecular complexity index is 1160. The molecule has 0 spiro atoms. The number of thioether (sulfide) groups is 1. The molecule has 1 atom stereocenters. The van der Waals surface area contributed by atoms with Gasteiger partial charge >= 0.3 is 0 Å². The van der Waals surface area contributed by atoms with Gasteiger partial charge in [-0.05, 0) is 42.8 Å². The number of hydrogen-bond acceptors (Lipinski definition) is 5. The van der Waals surface area contributed by atoms with Crippen LogP contribution in [0.2, 0.25) is 0 Å². The fourth-order valence-electron chi connectivity index (χ4n) is 3.13. The molecule has 0 saturated heterocycles. The van der Waals surface area contributed by atoms with Crippen molar-refractivity contribution in [1.29, 1.82) is 0 Å². The molecule has 1 unspecified atom stereocenters. The first-order valence-corrected chi connectivity index (χ1v) is 10.7. The summed E-state index contributed by atoms with van der Waals surface area (Å²) in [6, 6.07) is 25.4. The highest BCUT2D eigenvalue weighted by Crippen LogP contribution is 2.30. The zero-order valence-electron chi connectivity index (χ0n) is 17.2. The van der Waals surface area contributed by atoms with Crippen molar-refractivity contribution < 1.29 is 9.53 Å². The fourth-order valence-corrected chi connectivity index (χ4v) is 3.97. The predicted octanol–water partition coefficient (Wildman–Crippen LogP) is 5.06. The Morgan fingerprint density at radius 2 is 1.71 bits per heavy atom. The van der Waals surface area contributed by atoms with Gasteiger partial charge in [-0.25, -0.2) is 0 Å². The number of para-hydroxylation sites is 1. The van der Waals surface area contributed by atoms with Gasteiger partial charge in [0.25, 0.3) is 0 Å². The second-order valence-electron chi connectivity index (χ2n) is 6.84. The minimum Gasteiger partial charge on any atom is -0.497 e. The first-order valence-electron chi connectivity index (χ1n) is 9.82. The summed E-state index contributed by atoms with van der Waals surface area (Å²) in [5.74, 6) is 0.675. The maximum atomic E-state index is 12.9. The average Bonchev–Trinajstić information content (AvgIpc) is 3.28. The van der Waals surface area contributed by atoms with Crippen molar-refractivity contribution in [2.45, 2.75) is 17.3 Å². The van der Waals surface area contributed by atoms with Crippen molar-refractivity contribution in [2.75, 3.05) is 12.4 Å². The lowest BCUT2D eigenvalue weighted by molar-refractivity contribution is -0.115. The van der Waals surface area contributed by atoms with Crippen molar-refractivity contribution in [3.63, 3.8) is 0 Å². The highest BCUT2D eigenvalue weighted by atomic mass is 32.2. The summed E-state index contributed by atoms with van der Waals surface area (Å²) in [5, 5.41) is 11.5. The van der Waals surface area contributed by atoms with E-state index in [1.807, 2.05) is 90.4 Å². The van der Waals surface area contributed by atoms with E-state index >= 15 is 0 Å². The van der Waals surface area contributed by atoms with Gasteiger partial charge in [0.05, 0.1) is 12.4 Å². The van der Waals surface area contributed by atoms with Crippen LogP contribution < -0.4 is 10.1 Å². The molecule has 3 aromatic carbocycles. The van der Waals surface area contributed by atoms with E-state index in [2.05, 4.69) is 15.5 Å². The predicted molar refractivity (Wildman–Crippen MR) is 124 cm³/mol. The monoisotopic (exact) mass is 430 g/mol. The van der Waals surface area contributed by atoms with Crippen LogP contribution >= 0.6 is 11.8 Å². The van der Waals surface area contributed by atoms with Crippen LogP contribution in [0.3, 0.4) is 0 Å². The molecular weight excluding hydrogens is 408 g/mol. The Kier molecular flexibility index (Phi) is 6.33. The molecular formula is C24H22N4O2S. The number of nitrogens with zero attached hydrogens (tertiary/aromatic N) is 3. The number of benzene rings is 3. The Balaban J connectivity index is 1.49. The number of carbonyl (C=O) groups excluding carboxylic acids is 1. The Morgan fingerprint density at radius 3 is 2.45 bits per heavy atom. The largest absolute Gasteiger partial charge is 0.497 e. The standard InChI is InChI=1S/C24H22N4O2S/c1-17(31-24-27-25-16-28(24)19-12-14-20(30-2)15-13-19)23(29)26-22-11-7-6-10-21(22)18-8-4-3-5-9-18/h3-17H,1-2H3,(H,26,29). The van der Waals surface area contributed by atoms with E-state index in [0.29, 0.717) is 5.16 Å². The van der Waals surface area contributed by atoms with Crippen molar-refractivity contribution in [2.24, 2.45) is 0 Å². The number of ether oxygens (including phenoxy) is 1. The third-order valence-electron chi connectivity index (χ3n) is 4.79. The molecule has 0 bridgehead atoms. The molecule has 1 N–H and O–H groups in total. The van der Waals surface area contributed by atoms with E-state index < -0.39 is 0 Å². The molecule has 1 amide bonds. The third-order valence-corrected chi connectivity index (χ3v) is 5.85. The maximum absolute atomic E-state index is 12.9. The van der Waals surface area contributed by atoms with Crippen molar-refractivity contribution in [1.82, 2.24) is 14.8 Å². The van der Waals surface area contributed by atoms with Crippen molar-refractivity contribution in [3.05, 3.63) is 85.2 Å². The lowest BCUT2D eigenvalue weighted by Crippen LogP contribution is -2.23. The minimum absolute atomic E-state index is 0.0994.